The highest BCUT2D eigenvalue weighted by molar-refractivity contribution is 7.98. The Morgan fingerprint density at radius 1 is 0.927 bits per heavy atom. The maximum Gasteiger partial charge on any atom is 0.326 e. The molecule has 0 radical (unpaired) electrons. The molecular weight excluding hydrogens is 550 g/mol. The Kier molecular flexibility index (Phi) is 14.1. The summed E-state index contributed by atoms with van der Waals surface area (Å²) in [5.41, 5.74) is 18.8. The van der Waals surface area contributed by atoms with E-state index >= 15 is 0 Å². The topological polar surface area (TPSA) is 236 Å². The summed E-state index contributed by atoms with van der Waals surface area (Å²) < 4.78 is 0. The first-order valence-corrected chi connectivity index (χ1v) is 14.9. The van der Waals surface area contributed by atoms with Crippen LogP contribution in [0.15, 0.2) is 30.5 Å². The maximum atomic E-state index is 13.3. The molecule has 1 heterocycles. The second-order valence-corrected chi connectivity index (χ2v) is 10.7. The highest BCUT2D eigenvalue weighted by Gasteiger charge is 2.30. The van der Waals surface area contributed by atoms with Gasteiger partial charge in [0.1, 0.15) is 18.1 Å². The lowest BCUT2D eigenvalue weighted by Gasteiger charge is -2.25. The van der Waals surface area contributed by atoms with Crippen molar-refractivity contribution in [3.8, 4) is 0 Å². The van der Waals surface area contributed by atoms with Crippen LogP contribution in [0.4, 0.5) is 0 Å². The normalized spacial score (nSPS) is 14.0. The zero-order valence-corrected chi connectivity index (χ0v) is 24.0. The Bertz CT molecular complexity index is 1190. The number of H-pyrrole nitrogens is 1. The number of aromatic amines is 1. The van der Waals surface area contributed by atoms with Gasteiger partial charge in [0.25, 0.3) is 0 Å². The summed E-state index contributed by atoms with van der Waals surface area (Å²) in [5, 5.41) is 18.1. The lowest BCUT2D eigenvalue weighted by atomic mass is 10.0. The molecule has 0 aliphatic rings. The van der Waals surface area contributed by atoms with Crippen molar-refractivity contribution in [1.29, 1.82) is 0 Å². The van der Waals surface area contributed by atoms with E-state index in [9.17, 15) is 29.1 Å². The van der Waals surface area contributed by atoms with E-state index in [1.165, 1.54) is 11.8 Å². The molecule has 0 bridgehead atoms. The molecule has 2 aromatic rings. The first-order valence-electron chi connectivity index (χ1n) is 13.5. The fraction of sp³-hybridized carbons (Fsp3) is 0.519. The van der Waals surface area contributed by atoms with Crippen molar-refractivity contribution < 1.29 is 29.1 Å². The van der Waals surface area contributed by atoms with E-state index in [1.54, 1.807) is 6.20 Å². The monoisotopic (exact) mass is 591 g/mol. The van der Waals surface area contributed by atoms with E-state index in [0.717, 1.165) is 16.5 Å². The zero-order valence-electron chi connectivity index (χ0n) is 23.2. The van der Waals surface area contributed by atoms with Gasteiger partial charge >= 0.3 is 5.97 Å². The molecule has 14 heteroatoms. The maximum absolute atomic E-state index is 13.3. The van der Waals surface area contributed by atoms with Crippen molar-refractivity contribution in [2.45, 2.75) is 69.1 Å². The van der Waals surface area contributed by atoms with Crippen molar-refractivity contribution in [1.82, 2.24) is 20.9 Å². The van der Waals surface area contributed by atoms with Crippen LogP contribution in [0.25, 0.3) is 10.9 Å². The number of hydrogen-bond donors (Lipinski definition) is 8. The summed E-state index contributed by atoms with van der Waals surface area (Å²) in [6.45, 7) is 0.374. The van der Waals surface area contributed by atoms with Crippen LogP contribution in [0, 0.1) is 0 Å². The summed E-state index contributed by atoms with van der Waals surface area (Å²) in [4.78, 5) is 65.6. The van der Waals surface area contributed by atoms with Gasteiger partial charge in [-0.1, -0.05) is 18.2 Å². The van der Waals surface area contributed by atoms with Crippen LogP contribution in [-0.2, 0) is 30.4 Å². The largest absolute Gasteiger partial charge is 0.480 e. The van der Waals surface area contributed by atoms with Gasteiger partial charge in [-0.25, -0.2) is 4.79 Å². The van der Waals surface area contributed by atoms with E-state index in [1.807, 2.05) is 30.5 Å². The second-order valence-electron chi connectivity index (χ2n) is 9.76. The molecule has 4 atom stereocenters. The van der Waals surface area contributed by atoms with Crippen LogP contribution in [0.1, 0.15) is 44.1 Å². The molecule has 11 N–H and O–H groups in total. The molecule has 2 rings (SSSR count). The molecule has 226 valence electrons. The molecule has 0 aliphatic carbocycles. The molecule has 0 fully saturated rings. The molecule has 4 amide bonds. The number of benzene rings is 1. The number of carboxylic acids is 1. The van der Waals surface area contributed by atoms with Gasteiger partial charge in [0, 0.05) is 23.5 Å². The van der Waals surface area contributed by atoms with Gasteiger partial charge in [0.2, 0.25) is 23.6 Å². The number of nitrogens with one attached hydrogen (secondary N) is 4. The molecule has 1 aromatic heterocycles. The third-order valence-corrected chi connectivity index (χ3v) is 7.21. The third kappa shape index (κ3) is 11.1. The lowest BCUT2D eigenvalue weighted by Crippen LogP contribution is -2.57. The summed E-state index contributed by atoms with van der Waals surface area (Å²) in [6, 6.07) is 3.13. The number of unbranched alkanes of at least 4 members (excludes halogenated alkanes) is 1. The van der Waals surface area contributed by atoms with Crippen molar-refractivity contribution >= 4 is 52.3 Å². The SMILES string of the molecule is CSCCC(NC(=O)C(CCCCN)NC(=O)C(CCC(N)=O)NC(=O)C(N)Cc1c[nH]c2ccccc12)C(=O)O. The smallest absolute Gasteiger partial charge is 0.326 e. The first kappa shape index (κ1) is 33.6. The van der Waals surface area contributed by atoms with Crippen LogP contribution in [-0.4, -0.2) is 82.4 Å². The van der Waals surface area contributed by atoms with Crippen LogP contribution < -0.4 is 33.2 Å². The number of carboxylic acid groups (broad SMARTS) is 1. The number of carbonyl (C=O) groups excluding carboxylic acids is 4. The average molecular weight is 592 g/mol. The highest BCUT2D eigenvalue weighted by Crippen LogP contribution is 2.19. The van der Waals surface area contributed by atoms with E-state index in [0.29, 0.717) is 25.1 Å². The molecule has 0 saturated carbocycles. The highest BCUT2D eigenvalue weighted by atomic mass is 32.2. The number of amides is 4. The quantitative estimate of drug-likeness (QED) is 0.100. The van der Waals surface area contributed by atoms with Crippen molar-refractivity contribution in [3.05, 3.63) is 36.0 Å². The number of fused-ring (bicyclic) bond motifs is 1. The molecule has 0 saturated heterocycles. The van der Waals surface area contributed by atoms with Crippen molar-refractivity contribution in [2.75, 3.05) is 18.6 Å². The van der Waals surface area contributed by atoms with Gasteiger partial charge < -0.3 is 43.2 Å². The fourth-order valence-corrected chi connectivity index (χ4v) is 4.74. The number of thioether (sulfide) groups is 1. The Morgan fingerprint density at radius 2 is 1.56 bits per heavy atom. The number of nitrogens with two attached hydrogens (primary N) is 3. The summed E-state index contributed by atoms with van der Waals surface area (Å²) in [7, 11) is 0. The molecular formula is C27H41N7O6S. The van der Waals surface area contributed by atoms with Crippen LogP contribution in [0.3, 0.4) is 0 Å². The Balaban J connectivity index is 2.14. The minimum Gasteiger partial charge on any atom is -0.480 e. The number of carbonyl (C=O) groups is 5. The Morgan fingerprint density at radius 3 is 2.20 bits per heavy atom. The Labute approximate surface area is 243 Å². The van der Waals surface area contributed by atoms with Crippen LogP contribution >= 0.6 is 11.8 Å². The van der Waals surface area contributed by atoms with Gasteiger partial charge in [-0.15, -0.1) is 0 Å². The average Bonchev–Trinajstić information content (AvgIpc) is 3.34. The van der Waals surface area contributed by atoms with E-state index < -0.39 is 53.8 Å². The second kappa shape index (κ2) is 17.3. The number of para-hydroxylation sites is 1. The van der Waals surface area contributed by atoms with E-state index in [2.05, 4.69) is 20.9 Å². The number of hydrogen-bond acceptors (Lipinski definition) is 8. The molecule has 13 nitrogen and oxygen atoms in total. The van der Waals surface area contributed by atoms with Crippen LogP contribution in [0.5, 0.6) is 0 Å². The fourth-order valence-electron chi connectivity index (χ4n) is 4.26. The molecule has 0 aliphatic heterocycles. The van der Waals surface area contributed by atoms with Crippen molar-refractivity contribution in [3.63, 3.8) is 0 Å². The van der Waals surface area contributed by atoms with Gasteiger partial charge in [-0.2, -0.15) is 11.8 Å². The van der Waals surface area contributed by atoms with Crippen molar-refractivity contribution in [2.24, 2.45) is 17.2 Å². The first-order chi connectivity index (χ1) is 19.6. The third-order valence-electron chi connectivity index (χ3n) is 6.57. The number of aromatic nitrogens is 1. The Hall–Kier alpha value is -3.62. The number of primary amides is 1. The van der Waals surface area contributed by atoms with E-state index in [4.69, 9.17) is 17.2 Å². The molecule has 4 unspecified atom stereocenters. The molecule has 41 heavy (non-hydrogen) atoms. The summed E-state index contributed by atoms with van der Waals surface area (Å²) >= 11 is 1.44. The molecule has 0 spiro atoms. The van der Waals surface area contributed by atoms with Gasteiger partial charge in [-0.05, 0) is 68.7 Å². The predicted molar refractivity (Wildman–Crippen MR) is 158 cm³/mol. The van der Waals surface area contributed by atoms with Gasteiger partial charge in [0.15, 0.2) is 0 Å². The van der Waals surface area contributed by atoms with E-state index in [-0.39, 0.29) is 32.1 Å². The standard InChI is InChI=1S/C27H41N7O6S/c1-41-13-11-22(27(39)40)34-25(37)20(8-4-5-12-28)33-26(38)21(9-10-23(30)35)32-24(36)18(29)14-16-15-31-19-7-3-2-6-17(16)19/h2-3,6-7,15,18,20-22,31H,4-5,8-14,28-29H2,1H3,(H2,30,35)(H,32,36)(H,33,38)(H,34,37)(H,39,40). The lowest BCUT2D eigenvalue weighted by molar-refractivity contribution is -0.142. The summed E-state index contributed by atoms with van der Waals surface area (Å²) in [5.74, 6) is -3.35. The number of aliphatic carboxylic acids is 1. The van der Waals surface area contributed by atoms with Gasteiger partial charge in [0.05, 0.1) is 6.04 Å². The summed E-state index contributed by atoms with van der Waals surface area (Å²) in [6.07, 6.45) is 4.94. The minimum absolute atomic E-state index is 0.116. The number of rotatable bonds is 19. The predicted octanol–water partition coefficient (Wildman–Crippen LogP) is -0.276. The minimum atomic E-state index is -1.21. The van der Waals surface area contributed by atoms with Gasteiger partial charge in [-0.3, -0.25) is 19.2 Å². The zero-order chi connectivity index (χ0) is 30.4. The van der Waals surface area contributed by atoms with Crippen LogP contribution in [0.2, 0.25) is 0 Å². The molecule has 1 aromatic carbocycles.